The Bertz CT molecular complexity index is 924. The number of amides is 1. The fraction of sp³-hybridized carbons (Fsp3) is 0.615. The number of hydrogen-bond donors (Lipinski definition) is 1. The van der Waals surface area contributed by atoms with E-state index in [1.165, 1.54) is 4.90 Å². The average Bonchev–Trinajstić information content (AvgIpc) is 3.21. The number of benzene rings is 1. The number of hydrogen-bond acceptors (Lipinski definition) is 5. The highest BCUT2D eigenvalue weighted by molar-refractivity contribution is 5.81. The van der Waals surface area contributed by atoms with Crippen molar-refractivity contribution in [2.75, 3.05) is 19.8 Å². The predicted molar refractivity (Wildman–Crippen MR) is 126 cm³/mol. The summed E-state index contributed by atoms with van der Waals surface area (Å²) < 4.78 is 17.2. The first kappa shape index (κ1) is 25.2. The number of esters is 1. The third-order valence-corrected chi connectivity index (χ3v) is 6.37. The molecule has 2 heterocycles. The molecule has 0 spiro atoms. The topological polar surface area (TPSA) is 85.3 Å². The molecule has 33 heavy (non-hydrogen) atoms. The van der Waals surface area contributed by atoms with E-state index in [4.69, 9.17) is 14.2 Å². The summed E-state index contributed by atoms with van der Waals surface area (Å²) in [6.07, 6.45) is 4.36. The van der Waals surface area contributed by atoms with Crippen molar-refractivity contribution in [3.63, 3.8) is 0 Å². The Morgan fingerprint density at radius 2 is 1.76 bits per heavy atom. The van der Waals surface area contributed by atoms with Crippen LogP contribution in [0.25, 0.3) is 6.08 Å². The van der Waals surface area contributed by atoms with E-state index in [1.54, 1.807) is 6.92 Å². The molecule has 1 fully saturated rings. The van der Waals surface area contributed by atoms with Gasteiger partial charge in [-0.05, 0) is 88.1 Å². The van der Waals surface area contributed by atoms with Crippen LogP contribution in [0.15, 0.2) is 6.08 Å². The highest BCUT2D eigenvalue weighted by Gasteiger charge is 2.36. The van der Waals surface area contributed by atoms with Crippen LogP contribution < -0.4 is 0 Å². The van der Waals surface area contributed by atoms with Gasteiger partial charge in [-0.1, -0.05) is 12.2 Å². The van der Waals surface area contributed by atoms with Crippen molar-refractivity contribution in [1.82, 2.24) is 4.90 Å². The molecule has 0 radical (unpaired) electrons. The minimum Gasteiger partial charge on any atom is -0.465 e. The monoisotopic (exact) mass is 459 g/mol. The molecule has 1 amide bonds. The smallest absolute Gasteiger partial charge is 0.407 e. The van der Waals surface area contributed by atoms with E-state index < -0.39 is 23.8 Å². The van der Waals surface area contributed by atoms with Gasteiger partial charge in [0.1, 0.15) is 0 Å². The number of nitrogens with zero attached hydrogens (tertiary/aromatic N) is 1. The van der Waals surface area contributed by atoms with E-state index in [0.29, 0.717) is 19.0 Å². The number of ether oxygens (including phenoxy) is 3. The number of allylic oxidation sites excluding steroid dienone is 1. The van der Waals surface area contributed by atoms with Crippen molar-refractivity contribution < 1.29 is 28.9 Å². The normalized spacial score (nSPS) is 17.9. The summed E-state index contributed by atoms with van der Waals surface area (Å²) in [6, 6.07) is 0. The van der Waals surface area contributed by atoms with Crippen molar-refractivity contribution in [2.24, 2.45) is 5.92 Å². The molecule has 0 aliphatic carbocycles. The fourth-order valence-electron chi connectivity index (χ4n) is 4.67. The Morgan fingerprint density at radius 1 is 1.15 bits per heavy atom. The van der Waals surface area contributed by atoms with Gasteiger partial charge in [-0.15, -0.1) is 0 Å². The van der Waals surface area contributed by atoms with Crippen LogP contribution in [0, 0.1) is 19.8 Å². The zero-order valence-corrected chi connectivity index (χ0v) is 20.7. The molecule has 0 bridgehead atoms. The lowest BCUT2D eigenvalue weighted by Gasteiger charge is -2.30. The molecular formula is C26H37NO6. The molecule has 0 saturated carbocycles. The third kappa shape index (κ3) is 5.76. The second-order valence-corrected chi connectivity index (χ2v) is 9.84. The highest BCUT2D eigenvalue weighted by atomic mass is 16.6. The molecule has 1 unspecified atom stereocenters. The largest absolute Gasteiger partial charge is 0.465 e. The molecule has 1 N–H and O–H groups in total. The van der Waals surface area contributed by atoms with Gasteiger partial charge in [-0.3, -0.25) is 4.90 Å². The first-order valence-corrected chi connectivity index (χ1v) is 11.8. The molecule has 7 heteroatoms. The molecule has 0 aromatic heterocycles. The predicted octanol–water partition coefficient (Wildman–Crippen LogP) is 5.16. The third-order valence-electron chi connectivity index (χ3n) is 6.37. The van der Waals surface area contributed by atoms with E-state index >= 15 is 0 Å². The van der Waals surface area contributed by atoms with Crippen LogP contribution in [0.1, 0.15) is 80.0 Å². The highest BCUT2D eigenvalue weighted by Crippen LogP contribution is 2.40. The van der Waals surface area contributed by atoms with Gasteiger partial charge >= 0.3 is 12.1 Å². The summed E-state index contributed by atoms with van der Waals surface area (Å²) in [5.74, 6) is -0.0247. The van der Waals surface area contributed by atoms with E-state index in [1.807, 2.05) is 34.6 Å². The maximum absolute atomic E-state index is 13.1. The van der Waals surface area contributed by atoms with Crippen LogP contribution >= 0.6 is 0 Å². The Balaban J connectivity index is 2.17. The number of carbonyl (C=O) groups excluding carboxylic acids is 1. The van der Waals surface area contributed by atoms with Crippen LogP contribution in [0.3, 0.4) is 0 Å². The van der Waals surface area contributed by atoms with Crippen LogP contribution in [-0.4, -0.2) is 47.5 Å². The second kappa shape index (κ2) is 10.3. The molecule has 1 aromatic carbocycles. The quantitative estimate of drug-likeness (QED) is 0.592. The first-order chi connectivity index (χ1) is 15.5. The van der Waals surface area contributed by atoms with Crippen LogP contribution in [0.5, 0.6) is 0 Å². The molecule has 3 rings (SSSR count). The van der Waals surface area contributed by atoms with Gasteiger partial charge < -0.3 is 19.3 Å². The summed E-state index contributed by atoms with van der Waals surface area (Å²) >= 11 is 0. The van der Waals surface area contributed by atoms with E-state index in [2.05, 4.69) is 12.2 Å². The SMILES string of the molecule is CCOC(=O)C(OC(C)(C)C)c1c(C)c2c(c(C)c1C=CC1CCOCC1)CN(C(=O)O)C2. The van der Waals surface area contributed by atoms with Gasteiger partial charge in [-0.2, -0.15) is 0 Å². The Labute approximate surface area is 196 Å². The zero-order valence-electron chi connectivity index (χ0n) is 20.7. The molecule has 2 aliphatic rings. The maximum Gasteiger partial charge on any atom is 0.407 e. The molecule has 2 aliphatic heterocycles. The van der Waals surface area contributed by atoms with Gasteiger partial charge in [0.15, 0.2) is 6.10 Å². The standard InChI is InChI=1S/C26H37NO6/c1-7-32-24(28)23(33-26(4,5)6)22-17(3)21-15-27(25(29)30)14-20(21)16(2)19(22)9-8-18-10-12-31-13-11-18/h8-9,18,23H,7,10-15H2,1-6H3,(H,29,30). The fourth-order valence-corrected chi connectivity index (χ4v) is 4.67. The molecule has 1 atom stereocenters. The van der Waals surface area contributed by atoms with Crippen LogP contribution in [-0.2, 0) is 32.1 Å². The van der Waals surface area contributed by atoms with Crippen LogP contribution in [0.2, 0.25) is 0 Å². The molecule has 1 saturated heterocycles. The van der Waals surface area contributed by atoms with Crippen LogP contribution in [0.4, 0.5) is 4.79 Å². The van der Waals surface area contributed by atoms with Gasteiger partial charge in [0.2, 0.25) is 0 Å². The minimum absolute atomic E-state index is 0.256. The van der Waals surface area contributed by atoms with Gasteiger partial charge in [0.25, 0.3) is 0 Å². The molecule has 1 aromatic rings. The minimum atomic E-state index is -0.946. The van der Waals surface area contributed by atoms with Crippen molar-refractivity contribution in [1.29, 1.82) is 0 Å². The molecular weight excluding hydrogens is 422 g/mol. The van der Waals surface area contributed by atoms with Gasteiger partial charge in [0.05, 0.1) is 12.2 Å². The van der Waals surface area contributed by atoms with Crippen molar-refractivity contribution in [3.05, 3.63) is 39.5 Å². The van der Waals surface area contributed by atoms with Crippen molar-refractivity contribution >= 4 is 18.1 Å². The number of fused-ring (bicyclic) bond motifs is 1. The first-order valence-electron chi connectivity index (χ1n) is 11.8. The number of carboxylic acid groups (broad SMARTS) is 1. The van der Waals surface area contributed by atoms with E-state index in [9.17, 15) is 14.7 Å². The number of rotatable bonds is 6. The molecule has 182 valence electrons. The van der Waals surface area contributed by atoms with Crippen molar-refractivity contribution in [2.45, 2.75) is 79.2 Å². The summed E-state index contributed by atoms with van der Waals surface area (Å²) in [4.78, 5) is 26.2. The number of carbonyl (C=O) groups is 2. The zero-order chi connectivity index (χ0) is 24.3. The summed E-state index contributed by atoms with van der Waals surface area (Å²) in [5.41, 5.74) is 4.98. The lowest BCUT2D eigenvalue weighted by Crippen LogP contribution is -2.30. The van der Waals surface area contributed by atoms with E-state index in [0.717, 1.165) is 59.4 Å². The van der Waals surface area contributed by atoms with Gasteiger partial charge in [0, 0.05) is 31.9 Å². The summed E-state index contributed by atoms with van der Waals surface area (Å²) in [7, 11) is 0. The van der Waals surface area contributed by atoms with Crippen molar-refractivity contribution in [3.8, 4) is 0 Å². The average molecular weight is 460 g/mol. The van der Waals surface area contributed by atoms with Gasteiger partial charge in [-0.25, -0.2) is 9.59 Å². The Kier molecular flexibility index (Phi) is 7.85. The van der Waals surface area contributed by atoms with E-state index in [-0.39, 0.29) is 6.61 Å². The summed E-state index contributed by atoms with van der Waals surface area (Å²) in [6.45, 7) is 13.9. The molecule has 7 nitrogen and oxygen atoms in total. The summed E-state index contributed by atoms with van der Waals surface area (Å²) in [5, 5.41) is 9.60. The second-order valence-electron chi connectivity index (χ2n) is 9.84. The maximum atomic E-state index is 13.1. The lowest BCUT2D eigenvalue weighted by atomic mass is 9.85. The lowest BCUT2D eigenvalue weighted by molar-refractivity contribution is -0.166. The Morgan fingerprint density at radius 3 is 2.30 bits per heavy atom. The Hall–Kier alpha value is -2.38.